The fraction of sp³-hybridized carbons (Fsp3) is 0.391. The highest BCUT2D eigenvalue weighted by molar-refractivity contribution is 6.10. The molecule has 3 aromatic rings. The summed E-state index contributed by atoms with van der Waals surface area (Å²) in [5.74, 6) is 3.10. The molecule has 2 aliphatic heterocycles. The van der Waals surface area contributed by atoms with Crippen LogP contribution in [0.5, 0.6) is 17.2 Å². The molecule has 7 heteroatoms. The summed E-state index contributed by atoms with van der Waals surface area (Å²) in [6.07, 6.45) is 2.46. The van der Waals surface area contributed by atoms with E-state index in [0.29, 0.717) is 5.92 Å². The van der Waals surface area contributed by atoms with Crippen molar-refractivity contribution in [2.75, 3.05) is 33.5 Å². The Kier molecular flexibility index (Phi) is 7.19. The lowest BCUT2D eigenvalue weighted by molar-refractivity contribution is 0.171. The summed E-state index contributed by atoms with van der Waals surface area (Å²) >= 11 is 0. The summed E-state index contributed by atoms with van der Waals surface area (Å²) in [7, 11) is 1.71. The van der Waals surface area contributed by atoms with E-state index in [9.17, 15) is 0 Å². The molecule has 0 amide bonds. The Morgan fingerprint density at radius 2 is 1.83 bits per heavy atom. The minimum Gasteiger partial charge on any atom is -0.497 e. The van der Waals surface area contributed by atoms with E-state index in [2.05, 4.69) is 35.2 Å². The second-order valence-electron chi connectivity index (χ2n) is 7.85. The van der Waals surface area contributed by atoms with Crippen molar-refractivity contribution in [3.63, 3.8) is 0 Å². The van der Waals surface area contributed by atoms with Gasteiger partial charge in [0, 0.05) is 13.1 Å². The van der Waals surface area contributed by atoms with E-state index in [0.717, 1.165) is 43.4 Å². The molecule has 2 N–H and O–H groups in total. The zero-order valence-electron chi connectivity index (χ0n) is 17.1. The lowest BCUT2D eigenvalue weighted by Gasteiger charge is -2.32. The highest BCUT2D eigenvalue weighted by atomic mass is 35.5. The molecule has 0 aliphatic carbocycles. The van der Waals surface area contributed by atoms with Crippen LogP contribution in [0.2, 0.25) is 0 Å². The summed E-state index contributed by atoms with van der Waals surface area (Å²) in [4.78, 5) is 2.54. The van der Waals surface area contributed by atoms with Gasteiger partial charge in [-0.3, -0.25) is 4.90 Å². The maximum atomic E-state index is 5.94. The van der Waals surface area contributed by atoms with E-state index in [-0.39, 0.29) is 31.6 Å². The van der Waals surface area contributed by atoms with Gasteiger partial charge in [-0.05, 0) is 89.3 Å². The van der Waals surface area contributed by atoms with Crippen LogP contribution in [0.4, 0.5) is 0 Å². The van der Waals surface area contributed by atoms with Crippen molar-refractivity contribution >= 4 is 46.4 Å². The van der Waals surface area contributed by atoms with Crippen LogP contribution in [0.15, 0.2) is 36.4 Å². The number of benzene rings is 3. The lowest BCUT2D eigenvalue weighted by Crippen LogP contribution is -2.37. The third kappa shape index (κ3) is 4.12. The molecule has 1 saturated heterocycles. The topological polar surface area (TPSA) is 57.0 Å². The molecule has 0 radical (unpaired) electrons. The lowest BCUT2D eigenvalue weighted by atomic mass is 9.94. The first-order valence-corrected chi connectivity index (χ1v) is 10.0. The van der Waals surface area contributed by atoms with Gasteiger partial charge in [0.05, 0.1) is 7.11 Å². The highest BCUT2D eigenvalue weighted by Crippen LogP contribution is 2.40. The molecule has 0 aromatic heterocycles. The molecule has 1 fully saturated rings. The van der Waals surface area contributed by atoms with Crippen LogP contribution in [0.25, 0.3) is 21.5 Å². The van der Waals surface area contributed by atoms with E-state index < -0.39 is 0 Å². The molecule has 30 heavy (non-hydrogen) atoms. The molecule has 162 valence electrons. The van der Waals surface area contributed by atoms with Crippen LogP contribution in [0.1, 0.15) is 18.4 Å². The summed E-state index contributed by atoms with van der Waals surface area (Å²) in [6.45, 7) is 4.20. The molecule has 3 aromatic carbocycles. The standard InChI is InChI=1S/C23H26N2O3.2ClH/c1-26-18-4-5-19-17(13-25-6-2-3-15(11-24)12-25)7-16-8-22-23(28-14-27-22)10-20(16)21(19)9-18;;/h4-5,7-10,15H,2-3,6,11-14,24H2,1H3;2*1H. The number of hydrogen-bond donors (Lipinski definition) is 1. The maximum absolute atomic E-state index is 5.94. The average molecular weight is 451 g/mol. The molecule has 5 nitrogen and oxygen atoms in total. The minimum absolute atomic E-state index is 0. The Labute approximate surface area is 189 Å². The minimum atomic E-state index is 0. The molecule has 1 atom stereocenters. The van der Waals surface area contributed by atoms with Gasteiger partial charge in [0.15, 0.2) is 11.5 Å². The number of nitrogens with zero attached hydrogens (tertiary/aromatic N) is 1. The van der Waals surface area contributed by atoms with Crippen molar-refractivity contribution in [2.45, 2.75) is 19.4 Å². The number of rotatable bonds is 4. The zero-order chi connectivity index (χ0) is 19.1. The fourth-order valence-electron chi connectivity index (χ4n) is 4.59. The van der Waals surface area contributed by atoms with Crippen LogP contribution in [-0.4, -0.2) is 38.4 Å². The third-order valence-electron chi connectivity index (χ3n) is 6.07. The van der Waals surface area contributed by atoms with E-state index in [1.54, 1.807) is 7.11 Å². The van der Waals surface area contributed by atoms with Crippen molar-refractivity contribution in [3.8, 4) is 17.2 Å². The largest absolute Gasteiger partial charge is 0.497 e. The van der Waals surface area contributed by atoms with Crippen LogP contribution >= 0.6 is 24.8 Å². The first-order chi connectivity index (χ1) is 13.7. The second kappa shape index (κ2) is 9.48. The van der Waals surface area contributed by atoms with Gasteiger partial charge in [-0.25, -0.2) is 0 Å². The van der Waals surface area contributed by atoms with Gasteiger partial charge < -0.3 is 19.9 Å². The van der Waals surface area contributed by atoms with Gasteiger partial charge in [-0.1, -0.05) is 6.07 Å². The summed E-state index contributed by atoms with van der Waals surface area (Å²) in [5.41, 5.74) is 7.28. The highest BCUT2D eigenvalue weighted by Gasteiger charge is 2.21. The SMILES string of the molecule is COc1ccc2c(CN3CCCC(CN)C3)cc3cc4c(cc3c2c1)OCO4.Cl.Cl. The predicted octanol–water partition coefficient (Wildman–Crippen LogP) is 4.74. The van der Waals surface area contributed by atoms with Gasteiger partial charge in [0.1, 0.15) is 5.75 Å². The van der Waals surface area contributed by atoms with Gasteiger partial charge in [-0.15, -0.1) is 24.8 Å². The quantitative estimate of drug-likeness (QED) is 0.581. The molecular formula is C23H28Cl2N2O3. The van der Waals surface area contributed by atoms with Gasteiger partial charge in [0.2, 0.25) is 6.79 Å². The van der Waals surface area contributed by atoms with Crippen molar-refractivity contribution in [3.05, 3.63) is 42.0 Å². The molecule has 0 spiro atoms. The number of halogens is 2. The second-order valence-corrected chi connectivity index (χ2v) is 7.85. The van der Waals surface area contributed by atoms with Crippen LogP contribution in [-0.2, 0) is 6.54 Å². The molecule has 2 aliphatic rings. The number of hydrogen-bond acceptors (Lipinski definition) is 5. The van der Waals surface area contributed by atoms with Crippen LogP contribution in [0.3, 0.4) is 0 Å². The Bertz CT molecular complexity index is 1040. The van der Waals surface area contributed by atoms with Crippen molar-refractivity contribution < 1.29 is 14.2 Å². The van der Waals surface area contributed by atoms with Crippen LogP contribution < -0.4 is 19.9 Å². The summed E-state index contributed by atoms with van der Waals surface area (Å²) < 4.78 is 16.7. The number of nitrogens with two attached hydrogens (primary N) is 1. The average Bonchev–Trinajstić information content (AvgIpc) is 3.19. The van der Waals surface area contributed by atoms with Crippen LogP contribution in [0, 0.1) is 5.92 Å². The summed E-state index contributed by atoms with van der Waals surface area (Å²) in [6, 6.07) is 12.8. The van der Waals surface area contributed by atoms with Crippen molar-refractivity contribution in [1.29, 1.82) is 0 Å². The van der Waals surface area contributed by atoms with Gasteiger partial charge in [-0.2, -0.15) is 0 Å². The summed E-state index contributed by atoms with van der Waals surface area (Å²) in [5, 5.41) is 4.80. The molecule has 0 saturated carbocycles. The normalized spacial score (nSPS) is 18.1. The van der Waals surface area contributed by atoms with E-state index in [1.165, 1.54) is 39.9 Å². The number of ether oxygens (including phenoxy) is 3. The van der Waals surface area contributed by atoms with Gasteiger partial charge in [0.25, 0.3) is 0 Å². The van der Waals surface area contributed by atoms with Gasteiger partial charge >= 0.3 is 0 Å². The number of piperidine rings is 1. The first kappa shape index (κ1) is 22.8. The van der Waals surface area contributed by atoms with E-state index >= 15 is 0 Å². The van der Waals surface area contributed by atoms with Crippen molar-refractivity contribution in [1.82, 2.24) is 4.90 Å². The van der Waals surface area contributed by atoms with Crippen molar-refractivity contribution in [2.24, 2.45) is 11.7 Å². The predicted molar refractivity (Wildman–Crippen MR) is 126 cm³/mol. The Balaban J connectivity index is 0.00000128. The molecule has 2 heterocycles. The monoisotopic (exact) mass is 450 g/mol. The Morgan fingerprint density at radius 1 is 1.03 bits per heavy atom. The molecule has 0 bridgehead atoms. The van der Waals surface area contributed by atoms with E-state index in [1.807, 2.05) is 6.07 Å². The maximum Gasteiger partial charge on any atom is 0.231 e. The van der Waals surface area contributed by atoms with E-state index in [4.69, 9.17) is 19.9 Å². The number of methoxy groups -OCH3 is 1. The molecule has 5 rings (SSSR count). The Morgan fingerprint density at radius 3 is 2.60 bits per heavy atom. The fourth-order valence-corrected chi connectivity index (χ4v) is 4.59. The smallest absolute Gasteiger partial charge is 0.231 e. The number of fused-ring (bicyclic) bond motifs is 4. The molecular weight excluding hydrogens is 423 g/mol. The zero-order valence-corrected chi connectivity index (χ0v) is 18.7. The Hall–Kier alpha value is -1.92. The number of likely N-dealkylation sites (tertiary alicyclic amines) is 1. The molecule has 1 unspecified atom stereocenters. The first-order valence-electron chi connectivity index (χ1n) is 10.0. The third-order valence-corrected chi connectivity index (χ3v) is 6.07.